The van der Waals surface area contributed by atoms with E-state index in [1.807, 2.05) is 0 Å². The van der Waals surface area contributed by atoms with Gasteiger partial charge < -0.3 is 15.2 Å². The summed E-state index contributed by atoms with van der Waals surface area (Å²) in [5.74, 6) is -0.272. The second kappa shape index (κ2) is 5.20. The lowest BCUT2D eigenvalue weighted by Gasteiger charge is -2.12. The van der Waals surface area contributed by atoms with Gasteiger partial charge in [0.15, 0.2) is 0 Å². The van der Waals surface area contributed by atoms with Gasteiger partial charge in [0, 0.05) is 37.2 Å². The van der Waals surface area contributed by atoms with Gasteiger partial charge in [0.05, 0.1) is 6.61 Å². The first kappa shape index (κ1) is 11.9. The van der Waals surface area contributed by atoms with Gasteiger partial charge in [0.25, 0.3) is 0 Å². The Balaban J connectivity index is 2.03. The molecule has 92 valence electrons. The summed E-state index contributed by atoms with van der Waals surface area (Å²) < 4.78 is 18.6. The monoisotopic (exact) mass is 240 g/mol. The number of halogens is 1. The number of hydrogen-bond donors (Lipinski definition) is 2. The first-order chi connectivity index (χ1) is 8.21. The predicted molar refractivity (Wildman–Crippen MR) is 59.8 cm³/mol. The molecule has 0 spiro atoms. The molecule has 5 nitrogen and oxygen atoms in total. The molecule has 0 amide bonds. The quantitative estimate of drug-likeness (QED) is 0.779. The van der Waals surface area contributed by atoms with Crippen molar-refractivity contribution >= 4 is 5.69 Å². The number of nitroso groups, excluding NO2 is 1. The minimum absolute atomic E-state index is 0.00432. The molecule has 0 unspecified atom stereocenters. The second-order valence-corrected chi connectivity index (χ2v) is 4.00. The highest BCUT2D eigenvalue weighted by molar-refractivity contribution is 5.43. The minimum atomic E-state index is -0.554. The van der Waals surface area contributed by atoms with Crippen molar-refractivity contribution in [3.63, 3.8) is 0 Å². The maximum atomic E-state index is 13.1. The van der Waals surface area contributed by atoms with E-state index >= 15 is 0 Å². The average Bonchev–Trinajstić information content (AvgIpc) is 2.76. The smallest absolute Gasteiger partial charge is 0.129 e. The van der Waals surface area contributed by atoms with Gasteiger partial charge in [-0.3, -0.25) is 0 Å². The summed E-state index contributed by atoms with van der Waals surface area (Å²) in [6.45, 7) is 0.635. The lowest BCUT2D eigenvalue weighted by atomic mass is 10.2. The van der Waals surface area contributed by atoms with E-state index < -0.39 is 5.82 Å². The molecule has 1 aliphatic heterocycles. The summed E-state index contributed by atoms with van der Waals surface area (Å²) in [7, 11) is 0. The number of aliphatic hydroxyl groups excluding tert-OH is 1. The summed E-state index contributed by atoms with van der Waals surface area (Å²) in [5.41, 5.74) is 0.00432. The lowest BCUT2D eigenvalue weighted by Crippen LogP contribution is -2.25. The first-order valence-electron chi connectivity index (χ1n) is 5.36. The first-order valence-corrected chi connectivity index (χ1v) is 5.36. The summed E-state index contributed by atoms with van der Waals surface area (Å²) in [6.07, 6.45) is 0.519. The van der Waals surface area contributed by atoms with Gasteiger partial charge in [0.2, 0.25) is 0 Å². The molecule has 1 saturated heterocycles. The third-order valence-electron chi connectivity index (χ3n) is 2.67. The second-order valence-electron chi connectivity index (χ2n) is 4.00. The Morgan fingerprint density at radius 1 is 1.53 bits per heavy atom. The molecular formula is C11H13FN2O3. The molecule has 1 heterocycles. The Bertz CT molecular complexity index is 414. The number of benzene rings is 1. The fourth-order valence-corrected chi connectivity index (χ4v) is 1.87. The predicted octanol–water partition coefficient (Wildman–Crippen LogP) is 1.33. The van der Waals surface area contributed by atoms with Crippen molar-refractivity contribution in [3.05, 3.63) is 28.9 Å². The fourth-order valence-electron chi connectivity index (χ4n) is 1.87. The molecule has 0 aliphatic carbocycles. The van der Waals surface area contributed by atoms with Crippen LogP contribution >= 0.6 is 0 Å². The molecule has 0 aromatic heterocycles. The molecule has 1 aromatic rings. The highest BCUT2D eigenvalue weighted by atomic mass is 19.1. The van der Waals surface area contributed by atoms with Crippen molar-refractivity contribution in [3.8, 4) is 5.75 Å². The summed E-state index contributed by atoms with van der Waals surface area (Å²) in [6, 6.07) is 3.66. The van der Waals surface area contributed by atoms with Crippen LogP contribution in [0.3, 0.4) is 0 Å². The van der Waals surface area contributed by atoms with Crippen LogP contribution in [0.15, 0.2) is 23.4 Å². The van der Waals surface area contributed by atoms with Crippen LogP contribution in [-0.4, -0.2) is 30.4 Å². The van der Waals surface area contributed by atoms with E-state index in [1.54, 1.807) is 0 Å². The molecule has 17 heavy (non-hydrogen) atoms. The lowest BCUT2D eigenvalue weighted by molar-refractivity contribution is 0.206. The maximum Gasteiger partial charge on any atom is 0.129 e. The van der Waals surface area contributed by atoms with E-state index in [2.05, 4.69) is 10.5 Å². The SMILES string of the molecule is O=Nc1cc(F)cc(O[C@H]2CN[C@H](CO)C2)c1. The van der Waals surface area contributed by atoms with Crippen LogP contribution in [0.5, 0.6) is 5.75 Å². The van der Waals surface area contributed by atoms with Crippen LogP contribution < -0.4 is 10.1 Å². The molecule has 1 aliphatic rings. The molecule has 0 bridgehead atoms. The van der Waals surface area contributed by atoms with Crippen molar-refractivity contribution in [2.75, 3.05) is 13.2 Å². The average molecular weight is 240 g/mol. The van der Waals surface area contributed by atoms with Gasteiger partial charge in [-0.1, -0.05) is 0 Å². The molecule has 2 rings (SSSR count). The zero-order chi connectivity index (χ0) is 12.3. The van der Waals surface area contributed by atoms with Gasteiger partial charge in [-0.15, -0.1) is 4.91 Å². The van der Waals surface area contributed by atoms with E-state index in [4.69, 9.17) is 9.84 Å². The third kappa shape index (κ3) is 2.98. The van der Waals surface area contributed by atoms with E-state index in [-0.39, 0.29) is 30.2 Å². The zero-order valence-corrected chi connectivity index (χ0v) is 9.10. The van der Waals surface area contributed by atoms with Crippen molar-refractivity contribution < 1.29 is 14.2 Å². The molecule has 6 heteroatoms. The number of nitrogens with one attached hydrogen (secondary N) is 1. The van der Waals surface area contributed by atoms with E-state index in [1.165, 1.54) is 12.1 Å². The third-order valence-corrected chi connectivity index (χ3v) is 2.67. The van der Waals surface area contributed by atoms with Gasteiger partial charge in [-0.05, 0) is 5.18 Å². The number of rotatable bonds is 4. The van der Waals surface area contributed by atoms with E-state index in [0.717, 1.165) is 6.07 Å². The molecule has 1 aromatic carbocycles. The van der Waals surface area contributed by atoms with Crippen molar-refractivity contribution in [1.82, 2.24) is 5.32 Å². The Hall–Kier alpha value is -1.53. The van der Waals surface area contributed by atoms with Crippen LogP contribution in [0.1, 0.15) is 6.42 Å². The number of hydrogen-bond acceptors (Lipinski definition) is 5. The van der Waals surface area contributed by atoms with Crippen LogP contribution in [0.4, 0.5) is 10.1 Å². The molecule has 0 radical (unpaired) electrons. The van der Waals surface area contributed by atoms with Crippen LogP contribution in [0.25, 0.3) is 0 Å². The molecule has 0 saturated carbocycles. The molecule has 2 atom stereocenters. The molecule has 2 N–H and O–H groups in total. The minimum Gasteiger partial charge on any atom is -0.489 e. The maximum absolute atomic E-state index is 13.1. The van der Waals surface area contributed by atoms with Crippen LogP contribution in [0.2, 0.25) is 0 Å². The number of nitrogens with zero attached hydrogens (tertiary/aromatic N) is 1. The highest BCUT2D eigenvalue weighted by Crippen LogP contribution is 2.24. The summed E-state index contributed by atoms with van der Waals surface area (Å²) in [5, 5.41) is 14.7. The zero-order valence-electron chi connectivity index (χ0n) is 9.10. The van der Waals surface area contributed by atoms with Gasteiger partial charge >= 0.3 is 0 Å². The van der Waals surface area contributed by atoms with Crippen molar-refractivity contribution in [1.29, 1.82) is 0 Å². The summed E-state index contributed by atoms with van der Waals surface area (Å²) in [4.78, 5) is 10.3. The van der Waals surface area contributed by atoms with Crippen molar-refractivity contribution in [2.45, 2.75) is 18.6 Å². The number of aliphatic hydroxyl groups is 1. The largest absolute Gasteiger partial charge is 0.489 e. The van der Waals surface area contributed by atoms with Crippen LogP contribution in [0, 0.1) is 10.7 Å². The number of ether oxygens (including phenoxy) is 1. The van der Waals surface area contributed by atoms with Crippen molar-refractivity contribution in [2.24, 2.45) is 5.18 Å². The topological polar surface area (TPSA) is 70.9 Å². The molecule has 1 fully saturated rings. The van der Waals surface area contributed by atoms with E-state index in [0.29, 0.717) is 13.0 Å². The molecular weight excluding hydrogens is 227 g/mol. The Labute approximate surface area is 97.6 Å². The highest BCUT2D eigenvalue weighted by Gasteiger charge is 2.24. The van der Waals surface area contributed by atoms with Gasteiger partial charge in [-0.2, -0.15) is 0 Å². The van der Waals surface area contributed by atoms with E-state index in [9.17, 15) is 9.30 Å². The fraction of sp³-hybridized carbons (Fsp3) is 0.455. The summed E-state index contributed by atoms with van der Waals surface area (Å²) >= 11 is 0. The Kier molecular flexibility index (Phi) is 3.65. The van der Waals surface area contributed by atoms with Gasteiger partial charge in [-0.25, -0.2) is 4.39 Å². The Morgan fingerprint density at radius 3 is 3.00 bits per heavy atom. The normalized spacial score (nSPS) is 23.6. The standard InChI is InChI=1S/C11H13FN2O3/c12-7-1-8(14-16)3-10(2-7)17-11-4-9(6-15)13-5-11/h1-3,9,11,13,15H,4-6H2/t9-,11+/m0/s1. The van der Waals surface area contributed by atoms with Crippen LogP contribution in [-0.2, 0) is 0 Å². The Morgan fingerprint density at radius 2 is 2.35 bits per heavy atom. The van der Waals surface area contributed by atoms with Gasteiger partial charge in [0.1, 0.15) is 23.4 Å².